The van der Waals surface area contributed by atoms with Crippen molar-refractivity contribution in [1.29, 1.82) is 0 Å². The van der Waals surface area contributed by atoms with Gasteiger partial charge in [0.1, 0.15) is 0 Å². The Morgan fingerprint density at radius 3 is 2.39 bits per heavy atom. The SMILES string of the molecule is CC(C)(O[Si](C)(C)C(C)(C)C)[C@H]1CCC(c2cccc(Cl)c2)=N1. The van der Waals surface area contributed by atoms with Crippen molar-refractivity contribution in [3.8, 4) is 0 Å². The molecule has 1 aromatic carbocycles. The van der Waals surface area contributed by atoms with Crippen molar-refractivity contribution in [1.82, 2.24) is 0 Å². The second kappa shape index (κ2) is 6.34. The number of halogens is 1. The van der Waals surface area contributed by atoms with Crippen LogP contribution in [0.3, 0.4) is 0 Å². The number of benzene rings is 1. The summed E-state index contributed by atoms with van der Waals surface area (Å²) in [5.41, 5.74) is 2.07. The first-order valence-corrected chi connectivity index (χ1v) is 11.7. The zero-order valence-corrected chi connectivity index (χ0v) is 17.3. The Morgan fingerprint density at radius 2 is 1.83 bits per heavy atom. The zero-order chi connectivity index (χ0) is 17.5. The Hall–Kier alpha value is -0.643. The third-order valence-corrected chi connectivity index (χ3v) is 10.1. The summed E-state index contributed by atoms with van der Waals surface area (Å²) in [6.07, 6.45) is 2.04. The van der Waals surface area contributed by atoms with Gasteiger partial charge in [0.25, 0.3) is 0 Å². The highest BCUT2D eigenvalue weighted by atomic mass is 35.5. The molecule has 0 unspecified atom stereocenters. The molecule has 2 rings (SSSR count). The number of hydrogen-bond donors (Lipinski definition) is 0. The summed E-state index contributed by atoms with van der Waals surface area (Å²) < 4.78 is 6.69. The molecule has 0 saturated carbocycles. The first kappa shape index (κ1) is 18.7. The van der Waals surface area contributed by atoms with Crippen LogP contribution in [-0.4, -0.2) is 25.7 Å². The van der Waals surface area contributed by atoms with Crippen molar-refractivity contribution in [3.63, 3.8) is 0 Å². The van der Waals surface area contributed by atoms with Crippen LogP contribution >= 0.6 is 11.6 Å². The van der Waals surface area contributed by atoms with Crippen molar-refractivity contribution in [2.75, 3.05) is 0 Å². The molecule has 2 nitrogen and oxygen atoms in total. The van der Waals surface area contributed by atoms with E-state index in [0.717, 1.165) is 29.1 Å². The summed E-state index contributed by atoms with van der Waals surface area (Å²) >= 11 is 6.11. The fraction of sp³-hybridized carbons (Fsp3) is 0.632. The van der Waals surface area contributed by atoms with Crippen LogP contribution in [0.15, 0.2) is 29.3 Å². The lowest BCUT2D eigenvalue weighted by Crippen LogP contribution is -2.51. The average Bonchev–Trinajstić information content (AvgIpc) is 2.86. The van der Waals surface area contributed by atoms with Gasteiger partial charge in [0.05, 0.1) is 11.6 Å². The third kappa shape index (κ3) is 4.26. The predicted octanol–water partition coefficient (Wildman–Crippen LogP) is 6.09. The molecule has 0 N–H and O–H groups in total. The molecular formula is C19H30ClNOSi. The maximum absolute atomic E-state index is 6.69. The van der Waals surface area contributed by atoms with Crippen LogP contribution < -0.4 is 0 Å². The lowest BCUT2D eigenvalue weighted by molar-refractivity contribution is 0.0651. The fourth-order valence-corrected chi connectivity index (χ4v) is 4.81. The second-order valence-corrected chi connectivity index (χ2v) is 13.8. The van der Waals surface area contributed by atoms with Crippen molar-refractivity contribution in [2.45, 2.75) is 77.2 Å². The second-order valence-electron chi connectivity index (χ2n) is 8.61. The minimum Gasteiger partial charge on any atom is -0.410 e. The first-order valence-electron chi connectivity index (χ1n) is 8.45. The number of aliphatic imine (C=N–C) groups is 1. The molecule has 23 heavy (non-hydrogen) atoms. The van der Waals surface area contributed by atoms with Gasteiger partial charge in [-0.05, 0) is 62.5 Å². The highest BCUT2D eigenvalue weighted by Crippen LogP contribution is 2.41. The van der Waals surface area contributed by atoms with Crippen molar-refractivity contribution in [3.05, 3.63) is 34.9 Å². The van der Waals surface area contributed by atoms with Crippen LogP contribution in [-0.2, 0) is 4.43 Å². The molecule has 0 bridgehead atoms. The van der Waals surface area contributed by atoms with Crippen molar-refractivity contribution >= 4 is 25.6 Å². The molecule has 0 amide bonds. The summed E-state index contributed by atoms with van der Waals surface area (Å²) in [7, 11) is -1.81. The van der Waals surface area contributed by atoms with Gasteiger partial charge in [-0.25, -0.2) is 0 Å². The smallest absolute Gasteiger partial charge is 0.192 e. The van der Waals surface area contributed by atoms with Crippen LogP contribution in [0.2, 0.25) is 23.2 Å². The van der Waals surface area contributed by atoms with Crippen LogP contribution in [0, 0.1) is 0 Å². The van der Waals surface area contributed by atoms with Crippen molar-refractivity contribution in [2.24, 2.45) is 4.99 Å². The first-order chi connectivity index (χ1) is 10.4. The van der Waals surface area contributed by atoms with Gasteiger partial charge in [-0.15, -0.1) is 0 Å². The molecule has 0 radical (unpaired) electrons. The molecule has 1 aliphatic rings. The predicted molar refractivity (Wildman–Crippen MR) is 103 cm³/mol. The van der Waals surface area contributed by atoms with Crippen LogP contribution in [0.25, 0.3) is 0 Å². The third-order valence-electron chi connectivity index (χ3n) is 5.25. The number of rotatable bonds is 4. The Balaban J connectivity index is 2.19. The summed E-state index contributed by atoms with van der Waals surface area (Å²) in [5.74, 6) is 0. The number of hydrogen-bond acceptors (Lipinski definition) is 2. The highest BCUT2D eigenvalue weighted by Gasteiger charge is 2.44. The van der Waals surface area contributed by atoms with Gasteiger partial charge in [0.2, 0.25) is 0 Å². The molecule has 0 spiro atoms. The molecule has 0 aromatic heterocycles. The summed E-state index contributed by atoms with van der Waals surface area (Å²) in [5, 5.41) is 0.980. The Morgan fingerprint density at radius 1 is 1.17 bits per heavy atom. The Kier molecular flexibility index (Phi) is 5.15. The van der Waals surface area contributed by atoms with E-state index in [1.807, 2.05) is 18.2 Å². The van der Waals surface area contributed by atoms with Gasteiger partial charge in [-0.3, -0.25) is 4.99 Å². The van der Waals surface area contributed by atoms with E-state index >= 15 is 0 Å². The maximum atomic E-state index is 6.69. The Bertz CT molecular complexity index is 602. The average molecular weight is 352 g/mol. The fourth-order valence-electron chi connectivity index (χ4n) is 2.86. The summed E-state index contributed by atoms with van der Waals surface area (Å²) in [6.45, 7) is 15.9. The molecule has 1 aliphatic heterocycles. The largest absolute Gasteiger partial charge is 0.410 e. The quantitative estimate of drug-likeness (QED) is 0.601. The molecule has 0 fully saturated rings. The Labute approximate surface area is 147 Å². The van der Waals surface area contributed by atoms with Crippen LogP contribution in [0.4, 0.5) is 0 Å². The van der Waals surface area contributed by atoms with Crippen LogP contribution in [0.5, 0.6) is 0 Å². The molecule has 1 heterocycles. The molecule has 128 valence electrons. The van der Waals surface area contributed by atoms with E-state index in [0.29, 0.717) is 0 Å². The molecule has 1 atom stereocenters. The minimum absolute atomic E-state index is 0.211. The van der Waals surface area contributed by atoms with E-state index in [2.05, 4.69) is 53.8 Å². The zero-order valence-electron chi connectivity index (χ0n) is 15.5. The van der Waals surface area contributed by atoms with Gasteiger partial charge < -0.3 is 4.43 Å². The van der Waals surface area contributed by atoms with Crippen LogP contribution in [0.1, 0.15) is 53.0 Å². The monoisotopic (exact) mass is 351 g/mol. The van der Waals surface area contributed by atoms with Crippen molar-refractivity contribution < 1.29 is 4.43 Å². The highest BCUT2D eigenvalue weighted by molar-refractivity contribution is 6.74. The molecule has 1 aromatic rings. The van der Waals surface area contributed by atoms with E-state index in [4.69, 9.17) is 21.0 Å². The van der Waals surface area contributed by atoms with E-state index in [9.17, 15) is 0 Å². The van der Waals surface area contributed by atoms with E-state index in [1.165, 1.54) is 0 Å². The van der Waals surface area contributed by atoms with E-state index < -0.39 is 8.32 Å². The maximum Gasteiger partial charge on any atom is 0.192 e. The molecular weight excluding hydrogens is 322 g/mol. The van der Waals surface area contributed by atoms with Gasteiger partial charge >= 0.3 is 0 Å². The standard InChI is InChI=1S/C19H30ClNOSi/c1-18(2,3)23(6,7)22-19(4,5)17-12-11-16(21-17)14-9-8-10-15(20)13-14/h8-10,13,17H,11-12H2,1-7H3/t17-/m1/s1. The molecule has 4 heteroatoms. The normalized spacial score (nSPS) is 19.8. The lowest BCUT2D eigenvalue weighted by Gasteiger charge is -2.44. The van der Waals surface area contributed by atoms with Gasteiger partial charge in [-0.2, -0.15) is 0 Å². The topological polar surface area (TPSA) is 21.6 Å². The molecule has 0 aliphatic carbocycles. The summed E-state index contributed by atoms with van der Waals surface area (Å²) in [6, 6.07) is 8.21. The lowest BCUT2D eigenvalue weighted by atomic mass is 9.97. The van der Waals surface area contributed by atoms with E-state index in [-0.39, 0.29) is 16.7 Å². The molecule has 0 saturated heterocycles. The van der Waals surface area contributed by atoms with Gasteiger partial charge in [0, 0.05) is 10.7 Å². The van der Waals surface area contributed by atoms with E-state index in [1.54, 1.807) is 0 Å². The van der Waals surface area contributed by atoms with Gasteiger partial charge in [0.15, 0.2) is 8.32 Å². The van der Waals surface area contributed by atoms with Gasteiger partial charge in [-0.1, -0.05) is 44.5 Å². The summed E-state index contributed by atoms with van der Waals surface area (Å²) in [4.78, 5) is 4.99. The number of nitrogens with zero attached hydrogens (tertiary/aromatic N) is 1. The minimum atomic E-state index is -1.81.